The number of carbonyl (C=O) groups is 1. The van der Waals surface area contributed by atoms with Crippen molar-refractivity contribution < 1.29 is 9.90 Å². The summed E-state index contributed by atoms with van der Waals surface area (Å²) in [5.74, 6) is 0.395. The number of hydrogen-bond acceptors (Lipinski definition) is 8. The summed E-state index contributed by atoms with van der Waals surface area (Å²) in [6, 6.07) is 3.95. The molecule has 0 spiro atoms. The van der Waals surface area contributed by atoms with E-state index in [0.717, 1.165) is 9.88 Å². The van der Waals surface area contributed by atoms with E-state index in [1.807, 2.05) is 17.5 Å². The Labute approximate surface area is 158 Å². The van der Waals surface area contributed by atoms with Crippen LogP contribution in [0.4, 0.5) is 11.5 Å². The molecule has 0 unspecified atom stereocenters. The lowest BCUT2D eigenvalue weighted by atomic mass is 10.1. The first-order valence-corrected chi connectivity index (χ1v) is 10.0. The molecular weight excluding hydrogens is 370 g/mol. The first kappa shape index (κ1) is 17.1. The predicted molar refractivity (Wildman–Crippen MR) is 103 cm³/mol. The van der Waals surface area contributed by atoms with Gasteiger partial charge in [-0.1, -0.05) is 6.07 Å². The molecule has 0 radical (unpaired) electrons. The van der Waals surface area contributed by atoms with E-state index in [2.05, 4.69) is 25.2 Å². The highest BCUT2D eigenvalue weighted by molar-refractivity contribution is 7.20. The van der Waals surface area contributed by atoms with E-state index in [0.29, 0.717) is 43.1 Å². The van der Waals surface area contributed by atoms with Crippen molar-refractivity contribution in [3.8, 4) is 9.88 Å². The summed E-state index contributed by atoms with van der Waals surface area (Å²) in [6.07, 6.45) is 4.17. The van der Waals surface area contributed by atoms with Crippen LogP contribution in [-0.4, -0.2) is 45.2 Å². The summed E-state index contributed by atoms with van der Waals surface area (Å²) in [4.78, 5) is 28.5. The van der Waals surface area contributed by atoms with Crippen molar-refractivity contribution in [3.05, 3.63) is 41.1 Å². The molecule has 26 heavy (non-hydrogen) atoms. The minimum absolute atomic E-state index is 0.267. The van der Waals surface area contributed by atoms with Gasteiger partial charge in [-0.25, -0.2) is 15.0 Å². The largest absolute Gasteiger partial charge is 0.393 e. The summed E-state index contributed by atoms with van der Waals surface area (Å²) < 4.78 is 0. The van der Waals surface area contributed by atoms with E-state index in [1.54, 1.807) is 22.9 Å². The first-order valence-electron chi connectivity index (χ1n) is 8.24. The van der Waals surface area contributed by atoms with Gasteiger partial charge in [-0.3, -0.25) is 4.79 Å². The first-order chi connectivity index (χ1) is 12.7. The number of amides is 1. The molecule has 1 saturated heterocycles. The van der Waals surface area contributed by atoms with Crippen LogP contribution in [-0.2, 0) is 0 Å². The highest BCUT2D eigenvalue weighted by Gasteiger charge is 2.22. The van der Waals surface area contributed by atoms with Crippen molar-refractivity contribution >= 4 is 40.1 Å². The Bertz CT molecular complexity index is 888. The van der Waals surface area contributed by atoms with Crippen LogP contribution in [0.1, 0.15) is 23.3 Å². The standard InChI is InChI=1S/C17H17N5O2S2/c23-11-3-5-22(6-4-11)15-12(8-18-10-19-15)20-16(24)13-9-26-17(21-13)14-2-1-7-25-14/h1-2,7-11,23H,3-6H2,(H,20,24). The summed E-state index contributed by atoms with van der Waals surface area (Å²) >= 11 is 3.04. The Morgan fingerprint density at radius 1 is 1.31 bits per heavy atom. The molecule has 0 saturated carbocycles. The zero-order chi connectivity index (χ0) is 17.9. The van der Waals surface area contributed by atoms with Gasteiger partial charge < -0.3 is 15.3 Å². The lowest BCUT2D eigenvalue weighted by molar-refractivity contribution is 0.102. The van der Waals surface area contributed by atoms with Crippen molar-refractivity contribution in [1.82, 2.24) is 15.0 Å². The number of aromatic nitrogens is 3. The molecule has 0 aliphatic carbocycles. The van der Waals surface area contributed by atoms with Crippen LogP contribution >= 0.6 is 22.7 Å². The third-order valence-corrected chi connectivity index (χ3v) is 6.05. The number of thiophene rings is 1. The van der Waals surface area contributed by atoms with Crippen LogP contribution in [0.5, 0.6) is 0 Å². The number of piperidine rings is 1. The van der Waals surface area contributed by atoms with Crippen molar-refractivity contribution in [1.29, 1.82) is 0 Å². The van der Waals surface area contributed by atoms with Crippen molar-refractivity contribution in [2.75, 3.05) is 23.3 Å². The average molecular weight is 387 g/mol. The molecule has 9 heteroatoms. The fourth-order valence-electron chi connectivity index (χ4n) is 2.82. The van der Waals surface area contributed by atoms with E-state index >= 15 is 0 Å². The number of aliphatic hydroxyl groups excluding tert-OH is 1. The fraction of sp³-hybridized carbons (Fsp3) is 0.294. The molecule has 7 nitrogen and oxygen atoms in total. The summed E-state index contributed by atoms with van der Waals surface area (Å²) in [7, 11) is 0. The van der Waals surface area contributed by atoms with Gasteiger partial charge in [-0.15, -0.1) is 22.7 Å². The quantitative estimate of drug-likeness (QED) is 0.715. The van der Waals surface area contributed by atoms with E-state index < -0.39 is 0 Å². The molecule has 4 rings (SSSR count). The van der Waals surface area contributed by atoms with E-state index in [9.17, 15) is 9.90 Å². The topological polar surface area (TPSA) is 91.2 Å². The third kappa shape index (κ3) is 3.59. The molecule has 2 N–H and O–H groups in total. The molecule has 0 bridgehead atoms. The van der Waals surface area contributed by atoms with Crippen LogP contribution < -0.4 is 10.2 Å². The predicted octanol–water partition coefficient (Wildman–Crippen LogP) is 2.88. The minimum Gasteiger partial charge on any atom is -0.393 e. The van der Waals surface area contributed by atoms with Crippen LogP contribution in [0.25, 0.3) is 9.88 Å². The zero-order valence-electron chi connectivity index (χ0n) is 13.8. The Morgan fingerprint density at radius 3 is 2.92 bits per heavy atom. The molecule has 1 amide bonds. The van der Waals surface area contributed by atoms with Gasteiger partial charge in [0.15, 0.2) is 5.82 Å². The van der Waals surface area contributed by atoms with Gasteiger partial charge in [0.2, 0.25) is 0 Å². The smallest absolute Gasteiger partial charge is 0.275 e. The van der Waals surface area contributed by atoms with E-state index in [-0.39, 0.29) is 12.0 Å². The van der Waals surface area contributed by atoms with Crippen molar-refractivity contribution in [2.45, 2.75) is 18.9 Å². The molecule has 134 valence electrons. The molecule has 1 fully saturated rings. The molecule has 1 aliphatic rings. The van der Waals surface area contributed by atoms with Gasteiger partial charge in [0, 0.05) is 18.5 Å². The number of anilines is 2. The normalized spacial score (nSPS) is 15.2. The van der Waals surface area contributed by atoms with Crippen LogP contribution in [0.2, 0.25) is 0 Å². The lowest BCUT2D eigenvalue weighted by Gasteiger charge is -2.31. The van der Waals surface area contributed by atoms with Crippen LogP contribution in [0, 0.1) is 0 Å². The second-order valence-electron chi connectivity index (χ2n) is 5.95. The number of thiazole rings is 1. The maximum Gasteiger partial charge on any atom is 0.275 e. The Morgan fingerprint density at radius 2 is 2.15 bits per heavy atom. The maximum atomic E-state index is 12.6. The maximum absolute atomic E-state index is 12.6. The summed E-state index contributed by atoms with van der Waals surface area (Å²) in [5.41, 5.74) is 0.932. The highest BCUT2D eigenvalue weighted by Crippen LogP contribution is 2.29. The molecule has 0 atom stereocenters. The van der Waals surface area contributed by atoms with Crippen molar-refractivity contribution in [3.63, 3.8) is 0 Å². The average Bonchev–Trinajstić information content (AvgIpc) is 3.34. The highest BCUT2D eigenvalue weighted by atomic mass is 32.1. The molecule has 3 aromatic rings. The van der Waals surface area contributed by atoms with Gasteiger partial charge >= 0.3 is 0 Å². The number of nitrogens with zero attached hydrogens (tertiary/aromatic N) is 4. The van der Waals surface area contributed by atoms with E-state index in [1.165, 1.54) is 17.7 Å². The van der Waals surface area contributed by atoms with Crippen molar-refractivity contribution in [2.24, 2.45) is 0 Å². The van der Waals surface area contributed by atoms with E-state index in [4.69, 9.17) is 0 Å². The van der Waals surface area contributed by atoms with Gasteiger partial charge in [0.25, 0.3) is 5.91 Å². The summed E-state index contributed by atoms with van der Waals surface area (Å²) in [6.45, 7) is 1.39. The number of carbonyl (C=O) groups excluding carboxylic acids is 1. The Hall–Kier alpha value is -2.36. The number of rotatable bonds is 4. The second kappa shape index (κ2) is 7.48. The number of nitrogens with one attached hydrogen (secondary N) is 1. The third-order valence-electron chi connectivity index (χ3n) is 4.17. The Kier molecular flexibility index (Phi) is 4.91. The number of hydrogen-bond donors (Lipinski definition) is 2. The van der Waals surface area contributed by atoms with Gasteiger partial charge in [0.1, 0.15) is 22.7 Å². The molecule has 0 aromatic carbocycles. The van der Waals surface area contributed by atoms with Crippen LogP contribution in [0.3, 0.4) is 0 Å². The second-order valence-corrected chi connectivity index (χ2v) is 7.75. The Balaban J connectivity index is 1.51. The van der Waals surface area contributed by atoms with Gasteiger partial charge in [-0.05, 0) is 24.3 Å². The SMILES string of the molecule is O=C(Nc1cncnc1N1CCC(O)CC1)c1csc(-c2cccs2)n1. The lowest BCUT2D eigenvalue weighted by Crippen LogP contribution is -2.37. The monoisotopic (exact) mass is 387 g/mol. The summed E-state index contributed by atoms with van der Waals surface area (Å²) in [5, 5.41) is 17.1. The fourth-order valence-corrected chi connectivity index (χ4v) is 4.43. The molecule has 1 aliphatic heterocycles. The van der Waals surface area contributed by atoms with Crippen LogP contribution in [0.15, 0.2) is 35.4 Å². The zero-order valence-corrected chi connectivity index (χ0v) is 15.5. The van der Waals surface area contributed by atoms with Gasteiger partial charge in [-0.2, -0.15) is 0 Å². The molecule has 3 aromatic heterocycles. The number of aliphatic hydroxyl groups is 1. The molecular formula is C17H17N5O2S2. The minimum atomic E-state index is -0.280. The van der Waals surface area contributed by atoms with Gasteiger partial charge in [0.05, 0.1) is 17.2 Å². The molecule has 4 heterocycles.